The molecule has 3 heterocycles. The Morgan fingerprint density at radius 1 is 0.886 bits per heavy atom. The molecule has 184 valence electrons. The van der Waals surface area contributed by atoms with Crippen LogP contribution in [0.1, 0.15) is 42.4 Å². The molecule has 0 N–H and O–H groups in total. The monoisotopic (exact) mass is 473 g/mol. The number of hydrogen-bond acceptors (Lipinski definition) is 4. The number of rotatable bonds is 4. The lowest BCUT2D eigenvalue weighted by atomic mass is 9.74. The third-order valence-corrected chi connectivity index (χ3v) is 8.77. The van der Waals surface area contributed by atoms with E-state index in [2.05, 4.69) is 29.2 Å². The molecule has 2 fully saturated rings. The number of ether oxygens (including phenoxy) is 1. The number of benzene rings is 2. The molecule has 6 heteroatoms. The number of aryl methyl sites for hydroxylation is 1. The Bertz CT molecular complexity index is 1100. The molecule has 2 aromatic carbocycles. The van der Waals surface area contributed by atoms with Gasteiger partial charge in [0.15, 0.2) is 0 Å². The van der Waals surface area contributed by atoms with Crippen LogP contribution in [0.2, 0.25) is 0 Å². The molecule has 0 bridgehead atoms. The van der Waals surface area contributed by atoms with E-state index in [0.717, 1.165) is 30.9 Å². The second-order valence-corrected chi connectivity index (χ2v) is 10.6. The highest BCUT2D eigenvalue weighted by atomic mass is 16.5. The maximum absolute atomic E-state index is 13.6. The van der Waals surface area contributed by atoms with Gasteiger partial charge < -0.3 is 14.5 Å². The molecule has 0 saturated carbocycles. The average Bonchev–Trinajstić information content (AvgIpc) is 3.48. The zero-order chi connectivity index (χ0) is 23.8. The van der Waals surface area contributed by atoms with Gasteiger partial charge in [0.25, 0.3) is 0 Å². The van der Waals surface area contributed by atoms with Crippen LogP contribution >= 0.6 is 0 Å². The first-order chi connectivity index (χ1) is 17.1. The highest BCUT2D eigenvalue weighted by Gasteiger charge is 2.42. The highest BCUT2D eigenvalue weighted by molar-refractivity contribution is 6.03. The molecule has 6 nitrogen and oxygen atoms in total. The number of carbonyl (C=O) groups excluding carboxylic acids is 2. The zero-order valence-corrected chi connectivity index (χ0v) is 20.5. The van der Waals surface area contributed by atoms with Gasteiger partial charge in [-0.3, -0.25) is 14.5 Å². The fourth-order valence-corrected chi connectivity index (χ4v) is 6.75. The van der Waals surface area contributed by atoms with Crippen LogP contribution in [0.3, 0.4) is 0 Å². The smallest absolute Gasteiger partial charge is 0.246 e. The normalized spacial score (nSPS) is 23.4. The first kappa shape index (κ1) is 22.7. The number of anilines is 1. The molecule has 0 aromatic heterocycles. The van der Waals surface area contributed by atoms with Crippen LogP contribution in [-0.4, -0.2) is 73.6 Å². The van der Waals surface area contributed by atoms with Crippen LogP contribution in [-0.2, 0) is 32.6 Å². The van der Waals surface area contributed by atoms with Crippen molar-refractivity contribution in [3.8, 4) is 0 Å². The van der Waals surface area contributed by atoms with Gasteiger partial charge in [-0.05, 0) is 66.9 Å². The average molecular weight is 474 g/mol. The molecule has 2 saturated heterocycles. The van der Waals surface area contributed by atoms with Gasteiger partial charge in [0.05, 0.1) is 13.2 Å². The Hall–Kier alpha value is -2.70. The predicted molar refractivity (Wildman–Crippen MR) is 136 cm³/mol. The van der Waals surface area contributed by atoms with E-state index < -0.39 is 6.04 Å². The van der Waals surface area contributed by atoms with Crippen LogP contribution < -0.4 is 4.90 Å². The topological polar surface area (TPSA) is 53.1 Å². The van der Waals surface area contributed by atoms with Gasteiger partial charge in [-0.15, -0.1) is 0 Å². The molecule has 2 aromatic rings. The predicted octanol–water partition coefficient (Wildman–Crippen LogP) is 3.17. The summed E-state index contributed by atoms with van der Waals surface area (Å²) < 4.78 is 5.43. The first-order valence-corrected chi connectivity index (χ1v) is 13.2. The summed E-state index contributed by atoms with van der Waals surface area (Å²) >= 11 is 0. The van der Waals surface area contributed by atoms with Gasteiger partial charge in [0, 0.05) is 38.2 Å². The third kappa shape index (κ3) is 4.17. The molecule has 3 aliphatic heterocycles. The Morgan fingerprint density at radius 2 is 1.60 bits per heavy atom. The Balaban J connectivity index is 1.11. The van der Waals surface area contributed by atoms with E-state index in [-0.39, 0.29) is 11.8 Å². The number of para-hydroxylation sites is 1. The lowest BCUT2D eigenvalue weighted by Gasteiger charge is -2.40. The van der Waals surface area contributed by atoms with Crippen molar-refractivity contribution in [3.63, 3.8) is 0 Å². The van der Waals surface area contributed by atoms with Crippen molar-refractivity contribution in [2.45, 2.75) is 50.0 Å². The fourth-order valence-electron chi connectivity index (χ4n) is 6.75. The minimum absolute atomic E-state index is 0.0534. The van der Waals surface area contributed by atoms with E-state index in [9.17, 15) is 9.59 Å². The van der Waals surface area contributed by atoms with E-state index in [1.807, 2.05) is 29.2 Å². The van der Waals surface area contributed by atoms with Gasteiger partial charge in [-0.1, -0.05) is 42.5 Å². The van der Waals surface area contributed by atoms with Gasteiger partial charge in [0.1, 0.15) is 6.04 Å². The van der Waals surface area contributed by atoms with Crippen LogP contribution in [0, 0.1) is 0 Å². The van der Waals surface area contributed by atoms with Crippen LogP contribution in [0.4, 0.5) is 5.69 Å². The molecule has 1 spiro atoms. The summed E-state index contributed by atoms with van der Waals surface area (Å²) in [5.74, 6) is 0.116. The van der Waals surface area contributed by atoms with Gasteiger partial charge in [-0.25, -0.2) is 0 Å². The molecular formula is C29H35N3O3. The Morgan fingerprint density at radius 3 is 2.40 bits per heavy atom. The Kier molecular flexibility index (Phi) is 6.11. The maximum atomic E-state index is 13.6. The molecule has 1 aliphatic carbocycles. The van der Waals surface area contributed by atoms with Crippen molar-refractivity contribution < 1.29 is 14.3 Å². The van der Waals surface area contributed by atoms with Crippen molar-refractivity contribution in [2.24, 2.45) is 0 Å². The number of fused-ring (bicyclic) bond motifs is 3. The van der Waals surface area contributed by atoms with Gasteiger partial charge in [-0.2, -0.15) is 0 Å². The molecule has 4 aliphatic rings. The van der Waals surface area contributed by atoms with Crippen LogP contribution in [0.25, 0.3) is 0 Å². The molecule has 2 amide bonds. The lowest BCUT2D eigenvalue weighted by molar-refractivity contribution is -0.138. The summed E-state index contributed by atoms with van der Waals surface area (Å²) in [6.07, 6.45) is 5.84. The fraction of sp³-hybridized carbons (Fsp3) is 0.517. The van der Waals surface area contributed by atoms with Crippen molar-refractivity contribution in [3.05, 3.63) is 65.2 Å². The van der Waals surface area contributed by atoms with Crippen molar-refractivity contribution in [2.75, 3.05) is 50.8 Å². The molecule has 1 unspecified atom stereocenters. The quantitative estimate of drug-likeness (QED) is 0.685. The number of amides is 2. The van der Waals surface area contributed by atoms with E-state index in [4.69, 9.17) is 4.74 Å². The first-order valence-electron chi connectivity index (χ1n) is 13.2. The summed E-state index contributed by atoms with van der Waals surface area (Å²) in [5, 5.41) is 0. The number of carbonyl (C=O) groups is 2. The minimum atomic E-state index is -0.433. The van der Waals surface area contributed by atoms with E-state index in [1.165, 1.54) is 31.2 Å². The molecule has 0 radical (unpaired) electrons. The zero-order valence-electron chi connectivity index (χ0n) is 20.5. The van der Waals surface area contributed by atoms with E-state index in [0.29, 0.717) is 44.6 Å². The highest BCUT2D eigenvalue weighted by Crippen LogP contribution is 2.46. The molecular weight excluding hydrogens is 438 g/mol. The second kappa shape index (κ2) is 9.40. The third-order valence-electron chi connectivity index (χ3n) is 8.77. The van der Waals surface area contributed by atoms with Crippen molar-refractivity contribution >= 4 is 17.5 Å². The number of likely N-dealkylation sites (tertiary alicyclic amines) is 1. The Labute approximate surface area is 207 Å². The number of piperidine rings is 1. The number of morpholine rings is 1. The summed E-state index contributed by atoms with van der Waals surface area (Å²) in [5.41, 5.74) is 5.42. The number of hydrogen-bond donors (Lipinski definition) is 0. The van der Waals surface area contributed by atoms with Gasteiger partial charge >= 0.3 is 0 Å². The lowest BCUT2D eigenvalue weighted by Crippen LogP contribution is -2.53. The van der Waals surface area contributed by atoms with E-state index in [1.54, 1.807) is 10.5 Å². The van der Waals surface area contributed by atoms with Crippen LogP contribution in [0.15, 0.2) is 48.5 Å². The largest absolute Gasteiger partial charge is 0.378 e. The van der Waals surface area contributed by atoms with Crippen LogP contribution in [0.5, 0.6) is 0 Å². The summed E-state index contributed by atoms with van der Waals surface area (Å²) in [6, 6.07) is 16.5. The molecule has 1 atom stereocenters. The SMILES string of the molecule is O=C(C1Cc2ccccc2N1C(=O)CCN1CCC2(CCc3ccccc32)CC1)N1CCOCC1. The molecule has 6 rings (SSSR count). The summed E-state index contributed by atoms with van der Waals surface area (Å²) in [7, 11) is 0. The van der Waals surface area contributed by atoms with Gasteiger partial charge in [0.2, 0.25) is 11.8 Å². The number of nitrogens with zero attached hydrogens (tertiary/aromatic N) is 3. The van der Waals surface area contributed by atoms with Crippen molar-refractivity contribution in [1.82, 2.24) is 9.80 Å². The standard InChI is InChI=1S/C29H35N3O3/c33-27(10-14-30-15-12-29(13-16-30)11-9-22-5-1-3-7-24(22)29)32-25-8-4-2-6-23(25)21-26(32)28(34)31-17-19-35-20-18-31/h1-8,26H,9-21H2. The molecule has 35 heavy (non-hydrogen) atoms. The van der Waals surface area contributed by atoms with E-state index >= 15 is 0 Å². The maximum Gasteiger partial charge on any atom is 0.246 e. The minimum Gasteiger partial charge on any atom is -0.378 e. The summed E-state index contributed by atoms with van der Waals surface area (Å²) in [4.78, 5) is 33.1. The second-order valence-electron chi connectivity index (χ2n) is 10.6. The van der Waals surface area contributed by atoms with Crippen molar-refractivity contribution in [1.29, 1.82) is 0 Å². The summed E-state index contributed by atoms with van der Waals surface area (Å²) in [6.45, 7) is 5.18.